The molecule has 4 aliphatic rings. The number of nitrogens with zero attached hydrogens (tertiary/aromatic N) is 4. The molecule has 182 valence electrons. The molecular weight excluding hydrogens is 459 g/mol. The Morgan fingerprint density at radius 2 is 1.89 bits per heavy atom. The number of halogens is 1. The van der Waals surface area contributed by atoms with E-state index in [2.05, 4.69) is 9.97 Å². The van der Waals surface area contributed by atoms with Crippen molar-refractivity contribution in [1.29, 1.82) is 0 Å². The van der Waals surface area contributed by atoms with Crippen LogP contribution < -0.4 is 14.5 Å². The lowest BCUT2D eigenvalue weighted by atomic mass is 10.0. The van der Waals surface area contributed by atoms with Crippen LogP contribution >= 0.6 is 0 Å². The molecule has 2 saturated heterocycles. The zero-order valence-electron chi connectivity index (χ0n) is 19.7. The van der Waals surface area contributed by atoms with Crippen molar-refractivity contribution in [2.75, 3.05) is 23.0 Å². The van der Waals surface area contributed by atoms with Crippen molar-refractivity contribution in [1.82, 2.24) is 9.97 Å². The fourth-order valence-corrected chi connectivity index (χ4v) is 5.81. The van der Waals surface area contributed by atoms with Crippen molar-refractivity contribution in [3.8, 4) is 17.0 Å². The number of anilines is 2. The Morgan fingerprint density at radius 1 is 1.03 bits per heavy atom. The molecule has 1 aliphatic carbocycles. The molecular formula is C28H25FN4O3. The molecule has 36 heavy (non-hydrogen) atoms. The average molecular weight is 485 g/mol. The molecule has 0 bridgehead atoms. The molecule has 1 spiro atoms. The van der Waals surface area contributed by atoms with Gasteiger partial charge in [0.25, 0.3) is 0 Å². The summed E-state index contributed by atoms with van der Waals surface area (Å²) in [6.07, 6.45) is 8.10. The third-order valence-corrected chi connectivity index (χ3v) is 7.93. The number of hydrogen-bond acceptors (Lipinski definition) is 5. The first-order valence-corrected chi connectivity index (χ1v) is 12.5. The van der Waals surface area contributed by atoms with Gasteiger partial charge in [-0.2, -0.15) is 0 Å². The summed E-state index contributed by atoms with van der Waals surface area (Å²) in [7, 11) is 0. The molecule has 1 aromatic carbocycles. The number of carbonyl (C=O) groups is 2. The molecule has 0 unspecified atom stereocenters. The van der Waals surface area contributed by atoms with E-state index in [4.69, 9.17) is 4.74 Å². The summed E-state index contributed by atoms with van der Waals surface area (Å²) in [5, 5.41) is 0. The fraction of sp³-hybridized carbons (Fsp3) is 0.357. The van der Waals surface area contributed by atoms with E-state index in [0.29, 0.717) is 43.1 Å². The Kier molecular flexibility index (Phi) is 4.68. The summed E-state index contributed by atoms with van der Waals surface area (Å²) >= 11 is 0. The van der Waals surface area contributed by atoms with Gasteiger partial charge in [0.2, 0.25) is 17.7 Å². The lowest BCUT2D eigenvalue weighted by molar-refractivity contribution is -0.121. The second-order valence-corrected chi connectivity index (χ2v) is 10.3. The van der Waals surface area contributed by atoms with E-state index in [1.165, 1.54) is 11.0 Å². The highest BCUT2D eigenvalue weighted by atomic mass is 19.1. The van der Waals surface area contributed by atoms with Gasteiger partial charge in [-0.1, -0.05) is 12.1 Å². The summed E-state index contributed by atoms with van der Waals surface area (Å²) in [6.45, 7) is 1.06. The fourth-order valence-electron chi connectivity index (χ4n) is 5.81. The largest absolute Gasteiger partial charge is 0.474 e. The second kappa shape index (κ2) is 7.85. The Bertz CT molecular complexity index is 1400. The summed E-state index contributed by atoms with van der Waals surface area (Å²) in [6, 6.07) is 10.9. The van der Waals surface area contributed by atoms with Crippen molar-refractivity contribution >= 4 is 23.2 Å². The summed E-state index contributed by atoms with van der Waals surface area (Å²) < 4.78 is 20.6. The van der Waals surface area contributed by atoms with Crippen LogP contribution in [0.2, 0.25) is 0 Å². The molecule has 1 atom stereocenters. The SMILES string of the molecule is O=C1CCCN1c1ccc(-c2ccc(Cc3cnc4c(c3)N3C(=O)C5(CC5)C[C@H]3CO4)nc2)cc1F. The minimum absolute atomic E-state index is 0.0347. The van der Waals surface area contributed by atoms with E-state index < -0.39 is 5.82 Å². The first-order valence-electron chi connectivity index (χ1n) is 12.5. The van der Waals surface area contributed by atoms with Crippen LogP contribution in [0.5, 0.6) is 5.88 Å². The van der Waals surface area contributed by atoms with Crippen molar-refractivity contribution in [2.45, 2.75) is 44.6 Å². The average Bonchev–Trinajstić information content (AvgIpc) is 3.45. The maximum Gasteiger partial charge on any atom is 0.238 e. The third kappa shape index (κ3) is 3.38. The quantitative estimate of drug-likeness (QED) is 0.553. The lowest BCUT2D eigenvalue weighted by Crippen LogP contribution is -2.41. The molecule has 3 aromatic rings. The minimum Gasteiger partial charge on any atom is -0.474 e. The molecule has 1 saturated carbocycles. The van der Waals surface area contributed by atoms with Gasteiger partial charge in [0.15, 0.2) is 0 Å². The molecule has 7 nitrogen and oxygen atoms in total. The van der Waals surface area contributed by atoms with Crippen LogP contribution in [-0.4, -0.2) is 41.0 Å². The number of fused-ring (bicyclic) bond motifs is 3. The smallest absolute Gasteiger partial charge is 0.238 e. The lowest BCUT2D eigenvalue weighted by Gasteiger charge is -2.31. The Morgan fingerprint density at radius 3 is 2.61 bits per heavy atom. The normalized spacial score (nSPS) is 21.5. The van der Waals surface area contributed by atoms with Gasteiger partial charge in [-0.3, -0.25) is 14.6 Å². The zero-order valence-corrected chi connectivity index (χ0v) is 19.7. The van der Waals surface area contributed by atoms with Crippen molar-refractivity contribution in [2.24, 2.45) is 5.41 Å². The van der Waals surface area contributed by atoms with Gasteiger partial charge in [-0.25, -0.2) is 9.37 Å². The van der Waals surface area contributed by atoms with Crippen molar-refractivity contribution in [3.63, 3.8) is 0 Å². The number of pyridine rings is 2. The van der Waals surface area contributed by atoms with E-state index >= 15 is 0 Å². The van der Waals surface area contributed by atoms with Crippen LogP contribution in [0.1, 0.15) is 43.4 Å². The van der Waals surface area contributed by atoms with Crippen LogP contribution in [0.25, 0.3) is 11.1 Å². The number of carbonyl (C=O) groups excluding carboxylic acids is 2. The van der Waals surface area contributed by atoms with Crippen LogP contribution in [0, 0.1) is 11.2 Å². The standard InChI is InChI=1S/C28H25FN4O3/c29-22-12-18(4-6-23(22)32-9-1-2-25(32)34)19-3-5-20(30-15-19)10-17-11-24-26(31-14-17)36-16-21-13-28(7-8-28)27(35)33(21)24/h3-6,11-12,14-15,21H,1-2,7-10,13,16H2/t21-/m0/s1. The maximum absolute atomic E-state index is 14.8. The summed E-state index contributed by atoms with van der Waals surface area (Å²) in [4.78, 5) is 37.5. The van der Waals surface area contributed by atoms with E-state index in [-0.39, 0.29) is 23.3 Å². The number of ether oxygens (including phenoxy) is 1. The van der Waals surface area contributed by atoms with Crippen LogP contribution in [0.3, 0.4) is 0 Å². The number of rotatable bonds is 4. The minimum atomic E-state index is -0.406. The number of amides is 2. The number of hydrogen-bond donors (Lipinski definition) is 0. The predicted molar refractivity (Wildman–Crippen MR) is 131 cm³/mol. The first-order chi connectivity index (χ1) is 17.5. The summed E-state index contributed by atoms with van der Waals surface area (Å²) in [5.41, 5.74) is 4.25. The van der Waals surface area contributed by atoms with Gasteiger partial charge in [-0.15, -0.1) is 0 Å². The van der Waals surface area contributed by atoms with Gasteiger partial charge >= 0.3 is 0 Å². The monoisotopic (exact) mass is 484 g/mol. The molecule has 2 aromatic heterocycles. The van der Waals surface area contributed by atoms with E-state index in [1.807, 2.05) is 29.2 Å². The molecule has 3 aliphatic heterocycles. The van der Waals surface area contributed by atoms with E-state index in [9.17, 15) is 14.0 Å². The Labute approximate surface area is 207 Å². The first kappa shape index (κ1) is 21.5. The van der Waals surface area contributed by atoms with E-state index in [1.54, 1.807) is 18.5 Å². The predicted octanol–water partition coefficient (Wildman–Crippen LogP) is 4.28. The molecule has 3 fully saturated rings. The molecule has 5 heterocycles. The van der Waals surface area contributed by atoms with E-state index in [0.717, 1.165) is 48.2 Å². The molecule has 0 radical (unpaired) electrons. The maximum atomic E-state index is 14.8. The molecule has 2 amide bonds. The van der Waals surface area contributed by atoms with Crippen LogP contribution in [0.4, 0.5) is 15.8 Å². The number of aromatic nitrogens is 2. The van der Waals surface area contributed by atoms with Gasteiger partial charge in [0.05, 0.1) is 17.1 Å². The topological polar surface area (TPSA) is 75.6 Å². The number of benzene rings is 1. The molecule has 8 heteroatoms. The van der Waals surface area contributed by atoms with Crippen LogP contribution in [0.15, 0.2) is 48.8 Å². The highest BCUT2D eigenvalue weighted by Crippen LogP contribution is 2.58. The molecule has 7 rings (SSSR count). The van der Waals surface area contributed by atoms with Gasteiger partial charge in [0.1, 0.15) is 18.1 Å². The summed E-state index contributed by atoms with van der Waals surface area (Å²) in [5.74, 6) is 0.292. The Balaban J connectivity index is 1.10. The highest BCUT2D eigenvalue weighted by molar-refractivity contribution is 6.03. The van der Waals surface area contributed by atoms with Gasteiger partial charge in [-0.05, 0) is 61.1 Å². The Hall–Kier alpha value is -3.81. The van der Waals surface area contributed by atoms with Crippen LogP contribution in [-0.2, 0) is 16.0 Å². The van der Waals surface area contributed by atoms with Crippen molar-refractivity contribution < 1.29 is 18.7 Å². The molecule has 0 N–H and O–H groups in total. The van der Waals surface area contributed by atoms with Crippen molar-refractivity contribution in [3.05, 3.63) is 65.9 Å². The zero-order chi connectivity index (χ0) is 24.4. The third-order valence-electron chi connectivity index (χ3n) is 7.93. The highest BCUT2D eigenvalue weighted by Gasteiger charge is 2.60. The van der Waals surface area contributed by atoms with Gasteiger partial charge in [0, 0.05) is 43.0 Å². The second-order valence-electron chi connectivity index (χ2n) is 10.3. The van der Waals surface area contributed by atoms with Gasteiger partial charge < -0.3 is 14.5 Å².